The van der Waals surface area contributed by atoms with Gasteiger partial charge in [-0.3, -0.25) is 0 Å². The molecule has 0 saturated heterocycles. The number of hydrogen-bond donors (Lipinski definition) is 2. The fourth-order valence-corrected chi connectivity index (χ4v) is 2.92. The van der Waals surface area contributed by atoms with Gasteiger partial charge in [-0.25, -0.2) is 0 Å². The van der Waals surface area contributed by atoms with Crippen molar-refractivity contribution in [2.45, 2.75) is 25.0 Å². The molecular weight excluding hydrogens is 354 g/mol. The van der Waals surface area contributed by atoms with Crippen molar-refractivity contribution in [1.82, 2.24) is 5.32 Å². The van der Waals surface area contributed by atoms with Gasteiger partial charge < -0.3 is 15.2 Å². The normalized spacial score (nSPS) is 15.1. The van der Waals surface area contributed by atoms with E-state index in [1.54, 1.807) is 7.11 Å². The van der Waals surface area contributed by atoms with E-state index in [0.29, 0.717) is 13.0 Å². The van der Waals surface area contributed by atoms with E-state index >= 15 is 0 Å². The summed E-state index contributed by atoms with van der Waals surface area (Å²) in [4.78, 5) is 0. The number of methoxy groups -OCH3 is 1. The number of hydrogen-bond acceptors (Lipinski definition) is 3. The Morgan fingerprint density at radius 2 is 1.78 bits per heavy atom. The first kappa shape index (κ1) is 18.1. The average Bonchev–Trinajstić information content (AvgIpc) is 2.56. The summed E-state index contributed by atoms with van der Waals surface area (Å²) in [6.45, 7) is 3.11. The van der Waals surface area contributed by atoms with Crippen LogP contribution in [-0.4, -0.2) is 25.4 Å². The molecule has 4 heteroatoms. The number of benzene rings is 2. The van der Waals surface area contributed by atoms with Crippen LogP contribution in [0.1, 0.15) is 30.5 Å². The molecule has 0 amide bonds. The van der Waals surface area contributed by atoms with Gasteiger partial charge >= 0.3 is 0 Å². The zero-order chi connectivity index (χ0) is 16.7. The molecule has 0 aliphatic carbocycles. The molecule has 0 radical (unpaired) electrons. The molecule has 0 aromatic heterocycles. The number of ether oxygens (including phenoxy) is 1. The van der Waals surface area contributed by atoms with Crippen molar-refractivity contribution in [3.8, 4) is 0 Å². The summed E-state index contributed by atoms with van der Waals surface area (Å²) >= 11 is 3.45. The SMILES string of the molecule is COCC(O)(CCNC(C)c1ccc(Br)cc1)c1ccccc1. The molecule has 23 heavy (non-hydrogen) atoms. The molecule has 0 fully saturated rings. The summed E-state index contributed by atoms with van der Waals surface area (Å²) in [6.07, 6.45) is 0.589. The molecule has 2 N–H and O–H groups in total. The summed E-state index contributed by atoms with van der Waals surface area (Å²) in [5.74, 6) is 0. The molecule has 0 saturated carbocycles. The lowest BCUT2D eigenvalue weighted by atomic mass is 9.91. The van der Waals surface area contributed by atoms with Crippen LogP contribution in [0.15, 0.2) is 59.1 Å². The quantitative estimate of drug-likeness (QED) is 0.729. The van der Waals surface area contributed by atoms with E-state index < -0.39 is 5.60 Å². The zero-order valence-corrected chi connectivity index (χ0v) is 15.2. The van der Waals surface area contributed by atoms with Crippen molar-refractivity contribution in [2.24, 2.45) is 0 Å². The van der Waals surface area contributed by atoms with Crippen LogP contribution >= 0.6 is 15.9 Å². The molecule has 2 rings (SSSR count). The van der Waals surface area contributed by atoms with E-state index in [1.807, 2.05) is 42.5 Å². The van der Waals surface area contributed by atoms with E-state index in [2.05, 4.69) is 40.3 Å². The van der Waals surface area contributed by atoms with E-state index in [-0.39, 0.29) is 12.6 Å². The van der Waals surface area contributed by atoms with Crippen LogP contribution in [0.3, 0.4) is 0 Å². The summed E-state index contributed by atoms with van der Waals surface area (Å²) in [5.41, 5.74) is 1.14. The fraction of sp³-hybridized carbons (Fsp3) is 0.368. The summed E-state index contributed by atoms with van der Waals surface area (Å²) in [7, 11) is 1.62. The number of halogens is 1. The number of nitrogens with one attached hydrogen (secondary N) is 1. The molecule has 3 nitrogen and oxygen atoms in total. The first-order valence-electron chi connectivity index (χ1n) is 7.81. The first-order valence-corrected chi connectivity index (χ1v) is 8.60. The van der Waals surface area contributed by atoms with Gasteiger partial charge in [0.1, 0.15) is 5.60 Å². The Balaban J connectivity index is 1.95. The third-order valence-electron chi connectivity index (χ3n) is 4.05. The molecule has 0 aliphatic rings. The van der Waals surface area contributed by atoms with Crippen molar-refractivity contribution in [2.75, 3.05) is 20.3 Å². The maximum Gasteiger partial charge on any atom is 0.114 e. The molecule has 0 heterocycles. The predicted octanol–water partition coefficient (Wildman–Crippen LogP) is 4.02. The van der Waals surface area contributed by atoms with Crippen LogP contribution in [-0.2, 0) is 10.3 Å². The van der Waals surface area contributed by atoms with Gasteiger partial charge in [0.05, 0.1) is 6.61 Å². The third-order valence-corrected chi connectivity index (χ3v) is 4.58. The molecule has 124 valence electrons. The predicted molar refractivity (Wildman–Crippen MR) is 97.4 cm³/mol. The van der Waals surface area contributed by atoms with Crippen molar-refractivity contribution in [3.63, 3.8) is 0 Å². The Morgan fingerprint density at radius 1 is 1.13 bits per heavy atom. The highest BCUT2D eigenvalue weighted by atomic mass is 79.9. The van der Waals surface area contributed by atoms with Crippen LogP contribution in [0, 0.1) is 0 Å². The Bertz CT molecular complexity index is 588. The topological polar surface area (TPSA) is 41.5 Å². The monoisotopic (exact) mass is 377 g/mol. The highest BCUT2D eigenvalue weighted by molar-refractivity contribution is 9.10. The van der Waals surface area contributed by atoms with Crippen molar-refractivity contribution >= 4 is 15.9 Å². The molecule has 2 aromatic rings. The largest absolute Gasteiger partial charge is 0.383 e. The Kier molecular flexibility index (Phi) is 6.78. The highest BCUT2D eigenvalue weighted by Crippen LogP contribution is 2.25. The summed E-state index contributed by atoms with van der Waals surface area (Å²) < 4.78 is 6.31. The lowest BCUT2D eigenvalue weighted by Crippen LogP contribution is -2.35. The van der Waals surface area contributed by atoms with E-state index in [1.165, 1.54) is 5.56 Å². The van der Waals surface area contributed by atoms with Crippen LogP contribution in [0.25, 0.3) is 0 Å². The minimum Gasteiger partial charge on any atom is -0.383 e. The maximum atomic E-state index is 10.9. The second-order valence-electron chi connectivity index (χ2n) is 5.81. The average molecular weight is 378 g/mol. The van der Waals surface area contributed by atoms with Gasteiger partial charge in [0.25, 0.3) is 0 Å². The molecule has 0 spiro atoms. The third kappa shape index (κ3) is 5.15. The standard InChI is InChI=1S/C19H24BrNO2/c1-15(16-8-10-18(20)11-9-16)21-13-12-19(22,14-23-2)17-6-4-3-5-7-17/h3-11,15,21-22H,12-14H2,1-2H3. The van der Waals surface area contributed by atoms with Crippen LogP contribution in [0.2, 0.25) is 0 Å². The van der Waals surface area contributed by atoms with Gasteiger partial charge in [-0.2, -0.15) is 0 Å². The van der Waals surface area contributed by atoms with E-state index in [9.17, 15) is 5.11 Å². The summed E-state index contributed by atoms with van der Waals surface area (Å²) in [6, 6.07) is 18.2. The second-order valence-corrected chi connectivity index (χ2v) is 6.72. The van der Waals surface area contributed by atoms with E-state index in [4.69, 9.17) is 4.74 Å². The maximum absolute atomic E-state index is 10.9. The van der Waals surface area contributed by atoms with Gasteiger partial charge in [0, 0.05) is 17.6 Å². The lowest BCUT2D eigenvalue weighted by Gasteiger charge is -2.29. The molecule has 0 aliphatic heterocycles. The van der Waals surface area contributed by atoms with Crippen molar-refractivity contribution in [1.29, 1.82) is 0 Å². The summed E-state index contributed by atoms with van der Waals surface area (Å²) in [5, 5.41) is 14.4. The lowest BCUT2D eigenvalue weighted by molar-refractivity contribution is -0.0419. The molecular formula is C19H24BrNO2. The molecule has 2 aromatic carbocycles. The van der Waals surface area contributed by atoms with Gasteiger partial charge in [-0.1, -0.05) is 58.4 Å². The highest BCUT2D eigenvalue weighted by Gasteiger charge is 2.28. The molecule has 2 atom stereocenters. The Labute approximate surface area is 146 Å². The molecule has 0 bridgehead atoms. The smallest absolute Gasteiger partial charge is 0.114 e. The second kappa shape index (κ2) is 8.60. The van der Waals surface area contributed by atoms with Crippen molar-refractivity contribution < 1.29 is 9.84 Å². The van der Waals surface area contributed by atoms with Gasteiger partial charge in [-0.15, -0.1) is 0 Å². The Morgan fingerprint density at radius 3 is 2.39 bits per heavy atom. The van der Waals surface area contributed by atoms with Crippen molar-refractivity contribution in [3.05, 3.63) is 70.2 Å². The van der Waals surface area contributed by atoms with Crippen LogP contribution in [0.5, 0.6) is 0 Å². The minimum atomic E-state index is -0.970. The van der Waals surface area contributed by atoms with Gasteiger partial charge in [0.15, 0.2) is 0 Å². The first-order chi connectivity index (χ1) is 11.0. The zero-order valence-electron chi connectivity index (χ0n) is 13.6. The number of aliphatic hydroxyl groups is 1. The number of rotatable bonds is 8. The van der Waals surface area contributed by atoms with Crippen LogP contribution < -0.4 is 5.32 Å². The van der Waals surface area contributed by atoms with E-state index in [0.717, 1.165) is 10.0 Å². The van der Waals surface area contributed by atoms with Gasteiger partial charge in [0.2, 0.25) is 0 Å². The van der Waals surface area contributed by atoms with Gasteiger partial charge in [-0.05, 0) is 43.1 Å². The molecule has 2 unspecified atom stereocenters. The minimum absolute atomic E-state index is 0.227. The Hall–Kier alpha value is -1.20. The van der Waals surface area contributed by atoms with Crippen LogP contribution in [0.4, 0.5) is 0 Å². The fourth-order valence-electron chi connectivity index (χ4n) is 2.65.